The summed E-state index contributed by atoms with van der Waals surface area (Å²) in [5.74, 6) is -1.04. The number of carbonyl (C=O) groups excluding carboxylic acids is 2. The van der Waals surface area contributed by atoms with Crippen LogP contribution in [0.4, 0.5) is 5.69 Å². The van der Waals surface area contributed by atoms with Crippen molar-refractivity contribution in [2.45, 2.75) is 0 Å². The zero-order chi connectivity index (χ0) is 17.7. The molecule has 0 saturated heterocycles. The zero-order valence-electron chi connectivity index (χ0n) is 12.5. The molecule has 0 radical (unpaired) electrons. The van der Waals surface area contributed by atoms with Crippen molar-refractivity contribution in [2.75, 3.05) is 13.7 Å². The molecule has 124 valence electrons. The fourth-order valence-corrected chi connectivity index (χ4v) is 2.20. The van der Waals surface area contributed by atoms with Crippen LogP contribution in [0.3, 0.4) is 0 Å². The van der Waals surface area contributed by atoms with Gasteiger partial charge in [0.05, 0.1) is 17.1 Å². The van der Waals surface area contributed by atoms with Crippen molar-refractivity contribution in [3.63, 3.8) is 0 Å². The molecule has 0 heterocycles. The molecule has 2 aromatic rings. The Labute approximate surface area is 141 Å². The number of halogens is 1. The number of ketones is 1. The lowest BCUT2D eigenvalue weighted by Gasteiger charge is -2.07. The molecule has 0 bridgehead atoms. The summed E-state index contributed by atoms with van der Waals surface area (Å²) in [5, 5.41) is 11.1. The van der Waals surface area contributed by atoms with Gasteiger partial charge in [-0.25, -0.2) is 4.79 Å². The molecule has 0 N–H and O–H groups in total. The average molecular weight is 350 g/mol. The lowest BCUT2D eigenvalue weighted by molar-refractivity contribution is -0.385. The monoisotopic (exact) mass is 349 g/mol. The maximum atomic E-state index is 12.0. The number of Topliss-reactive ketones (excluding diaryl/α,β-unsaturated/α-hetero) is 1. The Bertz CT molecular complexity index is 805. The zero-order valence-corrected chi connectivity index (χ0v) is 13.3. The van der Waals surface area contributed by atoms with Gasteiger partial charge in [-0.1, -0.05) is 23.7 Å². The van der Waals surface area contributed by atoms with E-state index >= 15 is 0 Å². The largest absolute Gasteiger partial charge is 0.495 e. The predicted octanol–water partition coefficient (Wildman–Crippen LogP) is 3.30. The van der Waals surface area contributed by atoms with E-state index in [4.69, 9.17) is 21.1 Å². The van der Waals surface area contributed by atoms with Crippen LogP contribution in [0, 0.1) is 10.1 Å². The quantitative estimate of drug-likeness (QED) is 0.343. The summed E-state index contributed by atoms with van der Waals surface area (Å²) >= 11 is 5.93. The van der Waals surface area contributed by atoms with Crippen LogP contribution in [0.25, 0.3) is 0 Å². The summed E-state index contributed by atoms with van der Waals surface area (Å²) in [6, 6.07) is 9.72. The van der Waals surface area contributed by atoms with E-state index in [2.05, 4.69) is 0 Å². The van der Waals surface area contributed by atoms with Crippen LogP contribution in [-0.4, -0.2) is 30.4 Å². The topological polar surface area (TPSA) is 95.7 Å². The van der Waals surface area contributed by atoms with E-state index < -0.39 is 23.3 Å². The molecule has 2 rings (SSSR count). The van der Waals surface area contributed by atoms with Gasteiger partial charge in [0, 0.05) is 11.6 Å². The van der Waals surface area contributed by atoms with Crippen LogP contribution in [0.2, 0.25) is 5.02 Å². The first-order valence-corrected chi connectivity index (χ1v) is 7.09. The fourth-order valence-electron chi connectivity index (χ4n) is 1.94. The summed E-state index contributed by atoms with van der Waals surface area (Å²) in [5.41, 5.74) is -0.373. The molecular formula is C16H12ClNO6. The van der Waals surface area contributed by atoms with Crippen molar-refractivity contribution in [2.24, 2.45) is 0 Å². The van der Waals surface area contributed by atoms with Crippen LogP contribution in [0.1, 0.15) is 20.7 Å². The predicted molar refractivity (Wildman–Crippen MR) is 85.7 cm³/mol. The molecule has 8 heteroatoms. The number of nitro groups is 1. The average Bonchev–Trinajstić information content (AvgIpc) is 2.59. The number of hydrogen-bond donors (Lipinski definition) is 0. The van der Waals surface area contributed by atoms with Gasteiger partial charge >= 0.3 is 5.97 Å². The Morgan fingerprint density at radius 2 is 1.92 bits per heavy atom. The van der Waals surface area contributed by atoms with Crippen molar-refractivity contribution >= 4 is 29.0 Å². The standard InChI is InChI=1S/C16H12ClNO6/c1-23-15-7-6-10(8-12(15)17)14(19)9-24-16(20)11-4-2-3-5-13(11)18(21)22/h2-8H,9H2,1H3. The second-order valence-electron chi connectivity index (χ2n) is 4.62. The van der Waals surface area contributed by atoms with Gasteiger partial charge in [-0.3, -0.25) is 14.9 Å². The molecule has 7 nitrogen and oxygen atoms in total. The second-order valence-corrected chi connectivity index (χ2v) is 5.03. The van der Waals surface area contributed by atoms with E-state index in [0.29, 0.717) is 5.75 Å². The van der Waals surface area contributed by atoms with Gasteiger partial charge in [0.2, 0.25) is 0 Å². The van der Waals surface area contributed by atoms with E-state index in [1.807, 2.05) is 0 Å². The Morgan fingerprint density at radius 1 is 1.21 bits per heavy atom. The first-order chi connectivity index (χ1) is 11.4. The van der Waals surface area contributed by atoms with E-state index in [1.54, 1.807) is 0 Å². The molecule has 0 atom stereocenters. The molecule has 0 saturated carbocycles. The molecule has 0 aliphatic heterocycles. The molecule has 0 aromatic heterocycles. The Morgan fingerprint density at radius 3 is 2.54 bits per heavy atom. The first kappa shape index (κ1) is 17.4. The highest BCUT2D eigenvalue weighted by Gasteiger charge is 2.21. The molecule has 2 aromatic carbocycles. The molecule has 0 spiro atoms. The van der Waals surface area contributed by atoms with Crippen molar-refractivity contribution in [3.8, 4) is 5.75 Å². The summed E-state index contributed by atoms with van der Waals surface area (Å²) < 4.78 is 9.84. The summed E-state index contributed by atoms with van der Waals surface area (Å²) in [7, 11) is 1.44. The molecule has 0 fully saturated rings. The summed E-state index contributed by atoms with van der Waals surface area (Å²) in [4.78, 5) is 34.2. The molecular weight excluding hydrogens is 338 g/mol. The molecule has 0 amide bonds. The fraction of sp³-hybridized carbons (Fsp3) is 0.125. The Balaban J connectivity index is 2.08. The van der Waals surface area contributed by atoms with Crippen molar-refractivity contribution in [1.82, 2.24) is 0 Å². The van der Waals surface area contributed by atoms with Gasteiger partial charge in [-0.2, -0.15) is 0 Å². The first-order valence-electron chi connectivity index (χ1n) is 6.71. The maximum absolute atomic E-state index is 12.0. The third kappa shape index (κ3) is 3.88. The van der Waals surface area contributed by atoms with E-state index in [-0.39, 0.29) is 21.8 Å². The van der Waals surface area contributed by atoms with Crippen LogP contribution in [0.5, 0.6) is 5.75 Å². The number of nitro benzene ring substituents is 1. The number of nitrogens with zero attached hydrogens (tertiary/aromatic N) is 1. The number of esters is 1. The lowest BCUT2D eigenvalue weighted by atomic mass is 10.1. The van der Waals surface area contributed by atoms with Gasteiger partial charge in [0.25, 0.3) is 5.69 Å². The molecule has 24 heavy (non-hydrogen) atoms. The van der Waals surface area contributed by atoms with Gasteiger partial charge in [-0.15, -0.1) is 0 Å². The normalized spacial score (nSPS) is 10.1. The number of carbonyl (C=O) groups is 2. The minimum absolute atomic E-state index is 0.219. The highest BCUT2D eigenvalue weighted by Crippen LogP contribution is 2.25. The molecule has 0 unspecified atom stereocenters. The second kappa shape index (κ2) is 7.56. The maximum Gasteiger partial charge on any atom is 0.345 e. The number of para-hydroxylation sites is 1. The van der Waals surface area contributed by atoms with Crippen LogP contribution in [0.15, 0.2) is 42.5 Å². The summed E-state index contributed by atoms with van der Waals surface area (Å²) in [6.07, 6.45) is 0. The van der Waals surface area contributed by atoms with Gasteiger partial charge < -0.3 is 9.47 Å². The minimum Gasteiger partial charge on any atom is -0.495 e. The van der Waals surface area contributed by atoms with Crippen molar-refractivity contribution in [3.05, 3.63) is 68.7 Å². The SMILES string of the molecule is COc1ccc(C(=O)COC(=O)c2ccccc2[N+](=O)[O-])cc1Cl. The third-order valence-electron chi connectivity index (χ3n) is 3.13. The van der Waals surface area contributed by atoms with Gasteiger partial charge in [-0.05, 0) is 24.3 Å². The smallest absolute Gasteiger partial charge is 0.345 e. The van der Waals surface area contributed by atoms with Crippen molar-refractivity contribution in [1.29, 1.82) is 0 Å². The van der Waals surface area contributed by atoms with Crippen LogP contribution in [-0.2, 0) is 4.74 Å². The van der Waals surface area contributed by atoms with E-state index in [0.717, 1.165) is 0 Å². The number of ether oxygens (including phenoxy) is 2. The highest BCUT2D eigenvalue weighted by atomic mass is 35.5. The summed E-state index contributed by atoms with van der Waals surface area (Å²) in [6.45, 7) is -0.562. The molecule has 0 aliphatic carbocycles. The van der Waals surface area contributed by atoms with Crippen LogP contribution >= 0.6 is 11.6 Å². The number of rotatable bonds is 6. The minimum atomic E-state index is -0.949. The van der Waals surface area contributed by atoms with E-state index in [9.17, 15) is 19.7 Å². The van der Waals surface area contributed by atoms with Crippen molar-refractivity contribution < 1.29 is 24.0 Å². The Kier molecular flexibility index (Phi) is 5.49. The van der Waals surface area contributed by atoms with Gasteiger partial charge in [0.15, 0.2) is 12.4 Å². The molecule has 0 aliphatic rings. The number of hydrogen-bond acceptors (Lipinski definition) is 6. The number of methoxy groups -OCH3 is 1. The Hall–Kier alpha value is -2.93. The highest BCUT2D eigenvalue weighted by molar-refractivity contribution is 6.32. The van der Waals surface area contributed by atoms with E-state index in [1.165, 1.54) is 49.6 Å². The number of benzene rings is 2. The van der Waals surface area contributed by atoms with Gasteiger partial charge in [0.1, 0.15) is 11.3 Å². The third-order valence-corrected chi connectivity index (χ3v) is 3.42. The van der Waals surface area contributed by atoms with Crippen LogP contribution < -0.4 is 4.74 Å². The lowest BCUT2D eigenvalue weighted by Crippen LogP contribution is -2.15.